The lowest BCUT2D eigenvalue weighted by atomic mass is 10.0. The van der Waals surface area contributed by atoms with Crippen LogP contribution in [0.5, 0.6) is 0 Å². The number of rotatable bonds is 14. The van der Waals surface area contributed by atoms with Crippen molar-refractivity contribution in [1.29, 1.82) is 0 Å². The van der Waals surface area contributed by atoms with Crippen molar-refractivity contribution in [2.75, 3.05) is 0 Å². The van der Waals surface area contributed by atoms with Crippen LogP contribution in [0.4, 0.5) is 0 Å². The first-order valence-electron chi connectivity index (χ1n) is 10.5. The summed E-state index contributed by atoms with van der Waals surface area (Å²) in [5.74, 6) is -4.64. The predicted octanol–water partition coefficient (Wildman–Crippen LogP) is -1.25. The Labute approximate surface area is 190 Å². The highest BCUT2D eigenvalue weighted by Gasteiger charge is 2.30. The molecule has 0 aliphatic rings. The van der Waals surface area contributed by atoms with Crippen LogP contribution < -0.4 is 21.7 Å². The molecule has 1 rings (SSSR count). The number of hydrogen-bond donors (Lipinski definition) is 7. The lowest BCUT2D eigenvalue weighted by Gasteiger charge is -2.25. The van der Waals surface area contributed by atoms with E-state index in [0.29, 0.717) is 5.69 Å². The summed E-state index contributed by atoms with van der Waals surface area (Å²) >= 11 is 0. The van der Waals surface area contributed by atoms with Crippen LogP contribution in [0.3, 0.4) is 0 Å². The van der Waals surface area contributed by atoms with Gasteiger partial charge in [-0.25, -0.2) is 9.78 Å². The maximum atomic E-state index is 12.8. The van der Waals surface area contributed by atoms with Crippen LogP contribution >= 0.6 is 0 Å². The fraction of sp³-hybridized carbons (Fsp3) is 0.600. The molecule has 0 aromatic carbocycles. The molecule has 1 aromatic rings. The molecule has 13 nitrogen and oxygen atoms in total. The van der Waals surface area contributed by atoms with Crippen molar-refractivity contribution >= 4 is 29.7 Å². The first-order chi connectivity index (χ1) is 15.4. The van der Waals surface area contributed by atoms with E-state index in [1.165, 1.54) is 19.4 Å². The largest absolute Gasteiger partial charge is 0.481 e. The number of carboxylic acids is 2. The Morgan fingerprint density at radius 1 is 0.970 bits per heavy atom. The molecule has 0 aliphatic carbocycles. The summed E-state index contributed by atoms with van der Waals surface area (Å²) < 4.78 is 0. The van der Waals surface area contributed by atoms with Crippen molar-refractivity contribution in [2.45, 2.75) is 70.6 Å². The number of amides is 3. The lowest BCUT2D eigenvalue weighted by Crippen LogP contribution is -2.57. The van der Waals surface area contributed by atoms with Gasteiger partial charge in [0.2, 0.25) is 17.7 Å². The van der Waals surface area contributed by atoms with Crippen molar-refractivity contribution in [3.05, 3.63) is 18.2 Å². The van der Waals surface area contributed by atoms with Gasteiger partial charge in [-0.3, -0.25) is 19.2 Å². The Bertz CT molecular complexity index is 825. The van der Waals surface area contributed by atoms with Crippen LogP contribution in [0.25, 0.3) is 0 Å². The summed E-state index contributed by atoms with van der Waals surface area (Å²) in [6, 6.07) is -4.55. The molecule has 0 saturated carbocycles. The third-order valence-corrected chi connectivity index (χ3v) is 4.63. The second-order valence-corrected chi connectivity index (χ2v) is 8.15. The Morgan fingerprint density at radius 3 is 2.03 bits per heavy atom. The van der Waals surface area contributed by atoms with Gasteiger partial charge in [0, 0.05) is 24.7 Å². The number of aromatic nitrogens is 2. The lowest BCUT2D eigenvalue weighted by molar-refractivity contribution is -0.143. The molecular weight excluding hydrogens is 436 g/mol. The monoisotopic (exact) mass is 468 g/mol. The van der Waals surface area contributed by atoms with E-state index in [0.717, 1.165) is 0 Å². The van der Waals surface area contributed by atoms with E-state index in [2.05, 4.69) is 25.9 Å². The highest BCUT2D eigenvalue weighted by atomic mass is 16.4. The topological polar surface area (TPSA) is 217 Å². The second kappa shape index (κ2) is 13.2. The van der Waals surface area contributed by atoms with E-state index in [4.69, 9.17) is 10.8 Å². The average Bonchev–Trinajstić information content (AvgIpc) is 3.22. The third kappa shape index (κ3) is 10.1. The minimum atomic E-state index is -1.34. The number of H-pyrrole nitrogens is 1. The second-order valence-electron chi connectivity index (χ2n) is 8.15. The maximum absolute atomic E-state index is 12.8. The Kier molecular flexibility index (Phi) is 11.0. The van der Waals surface area contributed by atoms with E-state index in [1.54, 1.807) is 0 Å². The number of nitrogens with zero attached hydrogens (tertiary/aromatic N) is 1. The summed E-state index contributed by atoms with van der Waals surface area (Å²) in [5.41, 5.74) is 6.01. The van der Waals surface area contributed by atoms with Gasteiger partial charge in [0.05, 0.1) is 12.4 Å². The van der Waals surface area contributed by atoms with Gasteiger partial charge >= 0.3 is 11.9 Å². The Balaban J connectivity index is 2.99. The normalized spacial score (nSPS) is 14.6. The van der Waals surface area contributed by atoms with E-state index in [1.807, 2.05) is 13.8 Å². The molecule has 13 heteroatoms. The molecule has 0 fully saturated rings. The number of carbonyl (C=O) groups is 5. The zero-order valence-corrected chi connectivity index (χ0v) is 18.8. The fourth-order valence-electron chi connectivity index (χ4n) is 2.90. The van der Waals surface area contributed by atoms with Gasteiger partial charge in [-0.05, 0) is 25.7 Å². The van der Waals surface area contributed by atoms with Gasteiger partial charge in [0.1, 0.15) is 18.1 Å². The van der Waals surface area contributed by atoms with Crippen molar-refractivity contribution in [2.24, 2.45) is 11.7 Å². The molecule has 33 heavy (non-hydrogen) atoms. The van der Waals surface area contributed by atoms with Gasteiger partial charge in [0.15, 0.2) is 0 Å². The van der Waals surface area contributed by atoms with E-state index in [-0.39, 0.29) is 25.2 Å². The minimum absolute atomic E-state index is 0.00576. The molecule has 8 N–H and O–H groups in total. The number of nitrogens with two attached hydrogens (primary N) is 1. The van der Waals surface area contributed by atoms with Gasteiger partial charge in [-0.2, -0.15) is 0 Å². The highest BCUT2D eigenvalue weighted by Crippen LogP contribution is 2.08. The molecule has 184 valence electrons. The van der Waals surface area contributed by atoms with Crippen molar-refractivity contribution in [3.8, 4) is 0 Å². The van der Waals surface area contributed by atoms with Crippen LogP contribution in [0, 0.1) is 5.92 Å². The molecule has 0 saturated heterocycles. The summed E-state index contributed by atoms with van der Waals surface area (Å²) in [6.07, 6.45) is 2.19. The zero-order chi connectivity index (χ0) is 25.1. The number of hydrogen-bond acceptors (Lipinski definition) is 7. The van der Waals surface area contributed by atoms with Crippen molar-refractivity contribution < 1.29 is 34.2 Å². The van der Waals surface area contributed by atoms with Crippen molar-refractivity contribution in [1.82, 2.24) is 25.9 Å². The molecule has 3 amide bonds. The molecule has 1 heterocycles. The SMILES string of the molecule is CC(C)CC(NC(=O)C(C)N)C(=O)NC(CCC(=O)O)C(=O)NC(Cc1cnc[nH]1)C(=O)O. The smallest absolute Gasteiger partial charge is 0.326 e. The fourth-order valence-corrected chi connectivity index (χ4v) is 2.90. The van der Waals surface area contributed by atoms with Crippen LogP contribution in [-0.4, -0.2) is 74.0 Å². The van der Waals surface area contributed by atoms with Gasteiger partial charge < -0.3 is 36.9 Å². The van der Waals surface area contributed by atoms with E-state index < -0.39 is 60.2 Å². The molecule has 4 atom stereocenters. The summed E-state index contributed by atoms with van der Waals surface area (Å²) in [7, 11) is 0. The first kappa shape index (κ1) is 27.6. The number of carbonyl (C=O) groups excluding carboxylic acids is 3. The summed E-state index contributed by atoms with van der Waals surface area (Å²) in [4.78, 5) is 66.8. The van der Waals surface area contributed by atoms with Gasteiger partial charge in [-0.15, -0.1) is 0 Å². The molecular formula is C20H32N6O7. The average molecular weight is 469 g/mol. The standard InChI is InChI=1S/C20H32N6O7/c1-10(2)6-14(25-17(29)11(3)21)19(31)24-13(4-5-16(27)28)18(30)26-15(20(32)33)7-12-8-22-9-23-12/h8-11,13-15H,4-7,21H2,1-3H3,(H,22,23)(H,24,31)(H,25,29)(H,26,30)(H,27,28)(H,32,33). The van der Waals surface area contributed by atoms with Crippen molar-refractivity contribution in [3.63, 3.8) is 0 Å². The molecule has 0 aliphatic heterocycles. The molecule has 0 radical (unpaired) electrons. The Morgan fingerprint density at radius 2 is 1.55 bits per heavy atom. The van der Waals surface area contributed by atoms with Crippen LogP contribution in [0.2, 0.25) is 0 Å². The maximum Gasteiger partial charge on any atom is 0.326 e. The highest BCUT2D eigenvalue weighted by molar-refractivity contribution is 5.94. The molecule has 4 unspecified atom stereocenters. The summed E-state index contributed by atoms with van der Waals surface area (Å²) in [6.45, 7) is 5.12. The number of nitrogens with one attached hydrogen (secondary N) is 4. The third-order valence-electron chi connectivity index (χ3n) is 4.63. The zero-order valence-electron chi connectivity index (χ0n) is 18.8. The van der Waals surface area contributed by atoms with Crippen LogP contribution in [-0.2, 0) is 30.4 Å². The first-order valence-corrected chi connectivity index (χ1v) is 10.5. The van der Waals surface area contributed by atoms with Crippen LogP contribution in [0.1, 0.15) is 45.7 Å². The minimum Gasteiger partial charge on any atom is -0.481 e. The summed E-state index contributed by atoms with van der Waals surface area (Å²) in [5, 5.41) is 25.7. The predicted molar refractivity (Wildman–Crippen MR) is 116 cm³/mol. The molecule has 0 bridgehead atoms. The number of imidazole rings is 1. The van der Waals surface area contributed by atoms with Gasteiger partial charge in [0.25, 0.3) is 0 Å². The molecule has 0 spiro atoms. The Hall–Kier alpha value is -3.48. The van der Waals surface area contributed by atoms with Gasteiger partial charge in [-0.1, -0.05) is 13.8 Å². The molecule has 1 aromatic heterocycles. The number of carboxylic acid groups (broad SMARTS) is 2. The van der Waals surface area contributed by atoms with E-state index in [9.17, 15) is 29.1 Å². The quantitative estimate of drug-likeness (QED) is 0.173. The van der Waals surface area contributed by atoms with E-state index >= 15 is 0 Å². The van der Waals surface area contributed by atoms with Crippen LogP contribution in [0.15, 0.2) is 12.5 Å². The number of aromatic amines is 1. The number of aliphatic carboxylic acids is 2.